The van der Waals surface area contributed by atoms with Crippen LogP contribution in [0.3, 0.4) is 0 Å². The molecular formula is C16H20N2O. The van der Waals surface area contributed by atoms with Gasteiger partial charge in [-0.2, -0.15) is 0 Å². The number of fused-ring (bicyclic) bond motifs is 1. The van der Waals surface area contributed by atoms with Gasteiger partial charge in [0.05, 0.1) is 6.42 Å². The first kappa shape index (κ1) is 12.4. The summed E-state index contributed by atoms with van der Waals surface area (Å²) in [5.74, 6) is 0.115. The highest BCUT2D eigenvalue weighted by Crippen LogP contribution is 2.32. The van der Waals surface area contributed by atoms with Crippen LogP contribution < -0.4 is 5.32 Å². The molecule has 0 spiro atoms. The molecule has 0 bridgehead atoms. The summed E-state index contributed by atoms with van der Waals surface area (Å²) in [6.45, 7) is 5.55. The molecule has 19 heavy (non-hydrogen) atoms. The van der Waals surface area contributed by atoms with Crippen LogP contribution >= 0.6 is 0 Å². The SMILES string of the molecule is CCCN1CCC=C(c2cccc3c2CC(=O)N3)C1. The lowest BCUT2D eigenvalue weighted by Crippen LogP contribution is -2.30. The summed E-state index contributed by atoms with van der Waals surface area (Å²) >= 11 is 0. The molecule has 3 heteroatoms. The summed E-state index contributed by atoms with van der Waals surface area (Å²) in [6, 6.07) is 6.19. The van der Waals surface area contributed by atoms with Crippen LogP contribution in [0.2, 0.25) is 0 Å². The van der Waals surface area contributed by atoms with Crippen molar-refractivity contribution < 1.29 is 4.79 Å². The van der Waals surface area contributed by atoms with E-state index in [0.29, 0.717) is 6.42 Å². The first-order chi connectivity index (χ1) is 9.28. The van der Waals surface area contributed by atoms with E-state index in [2.05, 4.69) is 29.3 Å². The molecule has 2 heterocycles. The first-order valence-electron chi connectivity index (χ1n) is 7.11. The number of nitrogens with zero attached hydrogens (tertiary/aromatic N) is 1. The Kier molecular flexibility index (Phi) is 3.38. The molecule has 0 saturated carbocycles. The molecule has 1 aromatic rings. The molecule has 100 valence electrons. The minimum absolute atomic E-state index is 0.115. The molecule has 3 rings (SSSR count). The molecule has 0 fully saturated rings. The van der Waals surface area contributed by atoms with Crippen LogP contribution in [0.25, 0.3) is 5.57 Å². The van der Waals surface area contributed by atoms with E-state index in [0.717, 1.165) is 31.7 Å². The van der Waals surface area contributed by atoms with Gasteiger partial charge in [-0.1, -0.05) is 25.1 Å². The smallest absolute Gasteiger partial charge is 0.228 e. The van der Waals surface area contributed by atoms with Crippen LogP contribution in [0.15, 0.2) is 24.3 Å². The summed E-state index contributed by atoms with van der Waals surface area (Å²) < 4.78 is 0. The van der Waals surface area contributed by atoms with Crippen molar-refractivity contribution in [3.8, 4) is 0 Å². The maximum Gasteiger partial charge on any atom is 0.228 e. The minimum atomic E-state index is 0.115. The van der Waals surface area contributed by atoms with Crippen molar-refractivity contribution in [2.45, 2.75) is 26.2 Å². The van der Waals surface area contributed by atoms with Crippen LogP contribution in [-0.4, -0.2) is 30.4 Å². The predicted molar refractivity (Wildman–Crippen MR) is 78.1 cm³/mol. The van der Waals surface area contributed by atoms with E-state index in [4.69, 9.17) is 0 Å². The standard InChI is InChI=1S/C16H20N2O/c1-2-8-18-9-4-5-12(11-18)13-6-3-7-15-14(13)10-16(19)17-15/h3,5-7H,2,4,8-11H2,1H3,(H,17,19). The second kappa shape index (κ2) is 5.17. The highest BCUT2D eigenvalue weighted by molar-refractivity contribution is 6.01. The fourth-order valence-corrected chi connectivity index (χ4v) is 3.06. The summed E-state index contributed by atoms with van der Waals surface area (Å²) in [6.07, 6.45) is 5.17. The van der Waals surface area contributed by atoms with Crippen molar-refractivity contribution in [2.75, 3.05) is 25.0 Å². The number of carbonyl (C=O) groups excluding carboxylic acids is 1. The van der Waals surface area contributed by atoms with Gasteiger partial charge in [0.2, 0.25) is 5.91 Å². The van der Waals surface area contributed by atoms with E-state index in [-0.39, 0.29) is 5.91 Å². The normalized spacial score (nSPS) is 19.0. The Hall–Kier alpha value is -1.61. The molecule has 1 amide bonds. The maximum absolute atomic E-state index is 11.6. The predicted octanol–water partition coefficient (Wildman–Crippen LogP) is 2.68. The number of hydrogen-bond acceptors (Lipinski definition) is 2. The molecule has 1 N–H and O–H groups in total. The van der Waals surface area contributed by atoms with Crippen molar-refractivity contribution in [2.24, 2.45) is 0 Å². The third-order valence-electron chi connectivity index (χ3n) is 3.90. The quantitative estimate of drug-likeness (QED) is 0.901. The molecule has 0 aliphatic carbocycles. The zero-order valence-electron chi connectivity index (χ0n) is 11.4. The topological polar surface area (TPSA) is 32.3 Å². The van der Waals surface area contributed by atoms with Crippen LogP contribution in [0, 0.1) is 0 Å². The first-order valence-corrected chi connectivity index (χ1v) is 7.11. The Morgan fingerprint density at radius 1 is 1.37 bits per heavy atom. The minimum Gasteiger partial charge on any atom is -0.326 e. The summed E-state index contributed by atoms with van der Waals surface area (Å²) in [5, 5.41) is 2.93. The Balaban J connectivity index is 1.89. The van der Waals surface area contributed by atoms with Gasteiger partial charge in [-0.3, -0.25) is 9.69 Å². The number of hydrogen-bond donors (Lipinski definition) is 1. The van der Waals surface area contributed by atoms with E-state index in [9.17, 15) is 4.79 Å². The largest absolute Gasteiger partial charge is 0.326 e. The summed E-state index contributed by atoms with van der Waals surface area (Å²) in [7, 11) is 0. The van der Waals surface area contributed by atoms with E-state index in [1.807, 2.05) is 12.1 Å². The van der Waals surface area contributed by atoms with Crippen LogP contribution in [0.1, 0.15) is 30.9 Å². The lowest BCUT2D eigenvalue weighted by molar-refractivity contribution is -0.115. The molecule has 0 aromatic heterocycles. The summed E-state index contributed by atoms with van der Waals surface area (Å²) in [5.41, 5.74) is 4.82. The Morgan fingerprint density at radius 2 is 2.26 bits per heavy atom. The van der Waals surface area contributed by atoms with Gasteiger partial charge in [-0.15, -0.1) is 0 Å². The van der Waals surface area contributed by atoms with Gasteiger partial charge in [-0.25, -0.2) is 0 Å². The van der Waals surface area contributed by atoms with E-state index >= 15 is 0 Å². The third kappa shape index (κ3) is 2.43. The molecule has 2 aliphatic heterocycles. The van der Waals surface area contributed by atoms with Crippen LogP contribution in [-0.2, 0) is 11.2 Å². The van der Waals surface area contributed by atoms with Gasteiger partial charge in [-0.05, 0) is 42.2 Å². The van der Waals surface area contributed by atoms with Gasteiger partial charge >= 0.3 is 0 Å². The van der Waals surface area contributed by atoms with Gasteiger partial charge in [0.15, 0.2) is 0 Å². The lowest BCUT2D eigenvalue weighted by atomic mass is 9.94. The molecule has 0 radical (unpaired) electrons. The zero-order valence-corrected chi connectivity index (χ0v) is 11.4. The Labute approximate surface area is 114 Å². The molecule has 2 aliphatic rings. The second-order valence-electron chi connectivity index (χ2n) is 5.35. The average molecular weight is 256 g/mol. The van der Waals surface area contributed by atoms with E-state index in [1.165, 1.54) is 23.1 Å². The molecule has 1 aromatic carbocycles. The number of rotatable bonds is 3. The van der Waals surface area contributed by atoms with Gasteiger partial charge in [0.25, 0.3) is 0 Å². The number of anilines is 1. The van der Waals surface area contributed by atoms with Crippen molar-refractivity contribution in [1.82, 2.24) is 4.90 Å². The molecule has 0 atom stereocenters. The van der Waals surface area contributed by atoms with Crippen molar-refractivity contribution >= 4 is 17.2 Å². The van der Waals surface area contributed by atoms with Crippen LogP contribution in [0.4, 0.5) is 5.69 Å². The Bertz CT molecular complexity index is 534. The third-order valence-corrected chi connectivity index (χ3v) is 3.90. The van der Waals surface area contributed by atoms with Crippen molar-refractivity contribution in [1.29, 1.82) is 0 Å². The number of nitrogens with one attached hydrogen (secondary N) is 1. The molecule has 3 nitrogen and oxygen atoms in total. The highest BCUT2D eigenvalue weighted by atomic mass is 16.1. The fourth-order valence-electron chi connectivity index (χ4n) is 3.06. The average Bonchev–Trinajstić information content (AvgIpc) is 2.79. The van der Waals surface area contributed by atoms with Crippen molar-refractivity contribution in [3.05, 3.63) is 35.4 Å². The lowest BCUT2D eigenvalue weighted by Gasteiger charge is -2.27. The van der Waals surface area contributed by atoms with Gasteiger partial charge in [0, 0.05) is 18.8 Å². The molecular weight excluding hydrogens is 236 g/mol. The molecule has 0 saturated heterocycles. The zero-order chi connectivity index (χ0) is 13.2. The maximum atomic E-state index is 11.6. The second-order valence-corrected chi connectivity index (χ2v) is 5.35. The number of carbonyl (C=O) groups is 1. The van der Waals surface area contributed by atoms with E-state index < -0.39 is 0 Å². The highest BCUT2D eigenvalue weighted by Gasteiger charge is 2.23. The fraction of sp³-hybridized carbons (Fsp3) is 0.438. The number of amides is 1. The molecule has 0 unspecified atom stereocenters. The van der Waals surface area contributed by atoms with Gasteiger partial charge in [0.1, 0.15) is 0 Å². The van der Waals surface area contributed by atoms with Crippen LogP contribution in [0.5, 0.6) is 0 Å². The Morgan fingerprint density at radius 3 is 3.11 bits per heavy atom. The number of benzene rings is 1. The summed E-state index contributed by atoms with van der Waals surface area (Å²) in [4.78, 5) is 14.1. The van der Waals surface area contributed by atoms with E-state index in [1.54, 1.807) is 0 Å². The monoisotopic (exact) mass is 256 g/mol. The van der Waals surface area contributed by atoms with Gasteiger partial charge < -0.3 is 5.32 Å². The van der Waals surface area contributed by atoms with Crippen molar-refractivity contribution in [3.63, 3.8) is 0 Å².